The number of aromatic amines is 1. The highest BCUT2D eigenvalue weighted by Gasteiger charge is 2.13. The van der Waals surface area contributed by atoms with Crippen LogP contribution >= 0.6 is 45.2 Å². The zero-order chi connectivity index (χ0) is 19.4. The maximum atomic E-state index is 9.74. The lowest BCUT2D eigenvalue weighted by Gasteiger charge is -2.12. The normalized spacial score (nSPS) is 11.6. The molecule has 3 aromatic rings. The van der Waals surface area contributed by atoms with Gasteiger partial charge in [-0.2, -0.15) is 5.26 Å². The largest absolute Gasteiger partial charge is 0.492 e. The molecule has 0 atom stereocenters. The van der Waals surface area contributed by atoms with E-state index in [4.69, 9.17) is 4.74 Å². The quantitative estimate of drug-likeness (QED) is 0.210. The average Bonchev–Trinajstić information content (AvgIpc) is 3.04. The molecule has 6 heteroatoms. The number of rotatable bonds is 6. The maximum Gasteiger partial charge on any atom is 0.149 e. The molecule has 3 rings (SSSR count). The number of unbranched alkanes of at least 4 members (excludes halogenated alkanes) is 1. The number of aryl methyl sites for hydroxylation is 1. The number of hydrogen-bond acceptors (Lipinski definition) is 3. The molecular weight excluding hydrogens is 564 g/mol. The Morgan fingerprint density at radius 3 is 2.85 bits per heavy atom. The first-order chi connectivity index (χ1) is 13.0. The van der Waals surface area contributed by atoms with Gasteiger partial charge in [-0.25, -0.2) is 4.98 Å². The van der Waals surface area contributed by atoms with Crippen molar-refractivity contribution in [2.24, 2.45) is 0 Å². The van der Waals surface area contributed by atoms with E-state index in [1.165, 1.54) is 0 Å². The number of benzene rings is 2. The van der Waals surface area contributed by atoms with Gasteiger partial charge in [0.05, 0.1) is 26.8 Å². The third-order valence-electron chi connectivity index (χ3n) is 4.09. The SMILES string of the molecule is CCCCOc1c(I)cc(I)cc1/C=C(/C#N)c1nc2ccc(C)cc2[nH]1. The van der Waals surface area contributed by atoms with Gasteiger partial charge in [-0.15, -0.1) is 0 Å². The zero-order valence-electron chi connectivity index (χ0n) is 15.1. The van der Waals surface area contributed by atoms with Crippen LogP contribution in [0, 0.1) is 25.4 Å². The van der Waals surface area contributed by atoms with E-state index in [1.807, 2.05) is 37.3 Å². The molecule has 1 heterocycles. The molecule has 0 unspecified atom stereocenters. The van der Waals surface area contributed by atoms with Crippen LogP contribution in [-0.4, -0.2) is 16.6 Å². The molecule has 2 aromatic carbocycles. The standard InChI is InChI=1S/C21H19I2N3O/c1-3-4-7-27-20-14(10-16(22)11-17(20)23)9-15(12-24)21-25-18-6-5-13(2)8-19(18)26-21/h5-6,8-11H,3-4,7H2,1-2H3,(H,25,26)/b15-9-. The van der Waals surface area contributed by atoms with E-state index in [2.05, 4.69) is 74.2 Å². The average molecular weight is 583 g/mol. The summed E-state index contributed by atoms with van der Waals surface area (Å²) in [6, 6.07) is 12.4. The van der Waals surface area contributed by atoms with Gasteiger partial charge in [0.1, 0.15) is 17.6 Å². The summed E-state index contributed by atoms with van der Waals surface area (Å²) in [6.07, 6.45) is 3.93. The van der Waals surface area contributed by atoms with Crippen molar-refractivity contribution >= 4 is 67.9 Å². The summed E-state index contributed by atoms with van der Waals surface area (Å²) < 4.78 is 8.17. The van der Waals surface area contributed by atoms with E-state index in [9.17, 15) is 5.26 Å². The number of allylic oxidation sites excluding steroid dienone is 1. The summed E-state index contributed by atoms with van der Waals surface area (Å²) in [4.78, 5) is 7.84. The molecule has 0 saturated carbocycles. The van der Waals surface area contributed by atoms with Crippen LogP contribution in [0.5, 0.6) is 5.75 Å². The fraction of sp³-hybridized carbons (Fsp3) is 0.238. The first-order valence-corrected chi connectivity index (χ1v) is 10.9. The minimum Gasteiger partial charge on any atom is -0.492 e. The lowest BCUT2D eigenvalue weighted by atomic mass is 10.1. The van der Waals surface area contributed by atoms with Crippen molar-refractivity contribution in [3.8, 4) is 11.8 Å². The van der Waals surface area contributed by atoms with Gasteiger partial charge in [0.25, 0.3) is 0 Å². The maximum absolute atomic E-state index is 9.74. The molecule has 1 N–H and O–H groups in total. The van der Waals surface area contributed by atoms with Gasteiger partial charge in [0, 0.05) is 9.13 Å². The molecule has 27 heavy (non-hydrogen) atoms. The highest BCUT2D eigenvalue weighted by molar-refractivity contribution is 14.1. The van der Waals surface area contributed by atoms with Crippen molar-refractivity contribution < 1.29 is 4.74 Å². The Bertz CT molecular complexity index is 1050. The van der Waals surface area contributed by atoms with Gasteiger partial charge in [0.15, 0.2) is 0 Å². The van der Waals surface area contributed by atoms with E-state index < -0.39 is 0 Å². The van der Waals surface area contributed by atoms with Gasteiger partial charge in [-0.05, 0) is 94.4 Å². The molecule has 0 spiro atoms. The minimum atomic E-state index is 0.488. The smallest absolute Gasteiger partial charge is 0.149 e. The monoisotopic (exact) mass is 583 g/mol. The molecule has 4 nitrogen and oxygen atoms in total. The topological polar surface area (TPSA) is 61.7 Å². The number of hydrogen-bond donors (Lipinski definition) is 1. The Hall–Kier alpha value is -1.60. The van der Waals surface area contributed by atoms with E-state index in [1.54, 1.807) is 0 Å². The molecule has 0 aliphatic carbocycles. The first-order valence-electron chi connectivity index (χ1n) is 8.72. The van der Waals surface area contributed by atoms with Crippen LogP contribution in [-0.2, 0) is 0 Å². The van der Waals surface area contributed by atoms with Crippen molar-refractivity contribution in [2.75, 3.05) is 6.61 Å². The van der Waals surface area contributed by atoms with Gasteiger partial charge in [-0.3, -0.25) is 0 Å². The van der Waals surface area contributed by atoms with Crippen molar-refractivity contribution in [3.63, 3.8) is 0 Å². The van der Waals surface area contributed by atoms with Crippen LogP contribution in [0.4, 0.5) is 0 Å². The number of imidazole rings is 1. The Morgan fingerprint density at radius 1 is 1.30 bits per heavy atom. The number of aromatic nitrogens is 2. The molecule has 0 aliphatic rings. The fourth-order valence-corrected chi connectivity index (χ4v) is 4.76. The van der Waals surface area contributed by atoms with Crippen LogP contribution in [0.3, 0.4) is 0 Å². The molecule has 0 fully saturated rings. The number of nitriles is 1. The highest BCUT2D eigenvalue weighted by Crippen LogP contribution is 2.32. The molecule has 0 saturated heterocycles. The molecule has 1 aromatic heterocycles. The van der Waals surface area contributed by atoms with Crippen molar-refractivity contribution in [3.05, 3.63) is 54.4 Å². The first kappa shape index (κ1) is 20.1. The number of H-pyrrole nitrogens is 1. The Kier molecular flexibility index (Phi) is 6.76. The summed E-state index contributed by atoms with van der Waals surface area (Å²) >= 11 is 4.57. The van der Waals surface area contributed by atoms with Gasteiger partial charge in [-0.1, -0.05) is 19.4 Å². The second-order valence-corrected chi connectivity index (χ2v) is 8.69. The Labute approximate surface area is 186 Å². The summed E-state index contributed by atoms with van der Waals surface area (Å²) in [6.45, 7) is 4.84. The van der Waals surface area contributed by atoms with Gasteiger partial charge < -0.3 is 9.72 Å². The predicted octanol–water partition coefficient (Wildman–Crippen LogP) is 6.32. The van der Waals surface area contributed by atoms with E-state index in [0.717, 1.165) is 47.9 Å². The van der Waals surface area contributed by atoms with Crippen LogP contribution in [0.2, 0.25) is 0 Å². The number of fused-ring (bicyclic) bond motifs is 1. The third-order valence-corrected chi connectivity index (χ3v) is 5.52. The molecule has 0 radical (unpaired) electrons. The fourth-order valence-electron chi connectivity index (χ4n) is 2.72. The zero-order valence-corrected chi connectivity index (χ0v) is 19.5. The third kappa shape index (κ3) is 4.82. The summed E-state index contributed by atoms with van der Waals surface area (Å²) in [5.74, 6) is 1.40. The predicted molar refractivity (Wildman–Crippen MR) is 127 cm³/mol. The van der Waals surface area contributed by atoms with E-state index in [0.29, 0.717) is 18.0 Å². The second-order valence-electron chi connectivity index (χ2n) is 6.28. The lowest BCUT2D eigenvalue weighted by molar-refractivity contribution is 0.306. The molecule has 138 valence electrons. The molecule has 0 aliphatic heterocycles. The number of ether oxygens (including phenoxy) is 1. The second kappa shape index (κ2) is 9.06. The van der Waals surface area contributed by atoms with Crippen molar-refractivity contribution in [2.45, 2.75) is 26.7 Å². The summed E-state index contributed by atoms with van der Waals surface area (Å²) in [5, 5.41) is 9.74. The lowest BCUT2D eigenvalue weighted by Crippen LogP contribution is -2.01. The molecule has 0 bridgehead atoms. The van der Waals surface area contributed by atoms with Crippen molar-refractivity contribution in [1.29, 1.82) is 5.26 Å². The van der Waals surface area contributed by atoms with Crippen LogP contribution < -0.4 is 4.74 Å². The highest BCUT2D eigenvalue weighted by atomic mass is 127. The number of nitrogens with zero attached hydrogens (tertiary/aromatic N) is 2. The van der Waals surface area contributed by atoms with Gasteiger partial charge in [0.2, 0.25) is 0 Å². The van der Waals surface area contributed by atoms with Crippen LogP contribution in [0.1, 0.15) is 36.7 Å². The Balaban J connectivity index is 2.05. The van der Waals surface area contributed by atoms with Crippen LogP contribution in [0.25, 0.3) is 22.7 Å². The molecular formula is C21H19I2N3O. The number of halogens is 2. The van der Waals surface area contributed by atoms with Crippen molar-refractivity contribution in [1.82, 2.24) is 9.97 Å². The van der Waals surface area contributed by atoms with Crippen LogP contribution in [0.15, 0.2) is 30.3 Å². The summed E-state index contributed by atoms with van der Waals surface area (Å²) in [5.41, 5.74) is 4.33. The van der Waals surface area contributed by atoms with Gasteiger partial charge >= 0.3 is 0 Å². The number of nitrogens with one attached hydrogen (secondary N) is 1. The summed E-state index contributed by atoms with van der Waals surface area (Å²) in [7, 11) is 0. The molecule has 0 amide bonds. The Morgan fingerprint density at radius 2 is 2.11 bits per heavy atom. The van der Waals surface area contributed by atoms with E-state index >= 15 is 0 Å². The minimum absolute atomic E-state index is 0.488. The van der Waals surface area contributed by atoms with E-state index in [-0.39, 0.29) is 0 Å².